The molecular formula is C51H80N10. The van der Waals surface area contributed by atoms with Crippen LogP contribution < -0.4 is 0 Å². The fraction of sp³-hybridized carbons (Fsp3) is 0.373. The standard InChI is InChI=1S/C8H10.2C7H9N.4C6H8N2.5CH4/c1-7-3-5-8(2)6-4-7;2*1-6-3-4-7(2)8-5-6;1-5-3-8-6(2)4-7-5;2*1-5-3-7-6(2)8-4-5;1-5-3-4-6(2)8-7-5;;;;;/h3-6H,1-2H3;2*3-5H,1-2H3;4*3-4H,1-2H3;5*1H4. The summed E-state index contributed by atoms with van der Waals surface area (Å²) in [5.74, 6) is 1.66. The first-order valence-corrected chi connectivity index (χ1v) is 18.4. The number of aromatic nitrogens is 10. The van der Waals surface area contributed by atoms with Crippen LogP contribution in [0.4, 0.5) is 0 Å². The van der Waals surface area contributed by atoms with Gasteiger partial charge in [0.25, 0.3) is 0 Å². The minimum absolute atomic E-state index is 0. The summed E-state index contributed by atoms with van der Waals surface area (Å²) in [5.41, 5.74) is 13.3. The van der Waals surface area contributed by atoms with Crippen LogP contribution in [0, 0.1) is 96.9 Å². The monoisotopic (exact) mass is 833 g/mol. The third-order valence-electron chi connectivity index (χ3n) is 7.00. The average Bonchev–Trinajstić information content (AvgIpc) is 3.18. The van der Waals surface area contributed by atoms with Crippen molar-refractivity contribution in [1.82, 2.24) is 50.1 Å². The molecule has 0 aliphatic carbocycles. The molecule has 10 nitrogen and oxygen atoms in total. The number of aryl methyl sites for hydroxylation is 14. The number of hydrogen-bond acceptors (Lipinski definition) is 10. The summed E-state index contributed by atoms with van der Waals surface area (Å²) in [5, 5.41) is 7.66. The molecule has 1 aromatic carbocycles. The number of hydrogen-bond donors (Lipinski definition) is 0. The molecule has 0 saturated heterocycles. The van der Waals surface area contributed by atoms with Crippen molar-refractivity contribution in [3.63, 3.8) is 0 Å². The summed E-state index contributed by atoms with van der Waals surface area (Å²) < 4.78 is 0. The second kappa shape index (κ2) is 36.9. The van der Waals surface area contributed by atoms with Crippen LogP contribution in [-0.2, 0) is 0 Å². The summed E-state index contributed by atoms with van der Waals surface area (Å²) in [6, 6.07) is 20.5. The predicted octanol–water partition coefficient (Wildman–Crippen LogP) is 13.3. The molecule has 7 rings (SSSR count). The Morgan fingerprint density at radius 2 is 0.443 bits per heavy atom. The normalized spacial score (nSPS) is 8.49. The van der Waals surface area contributed by atoms with Crippen molar-refractivity contribution in [1.29, 1.82) is 0 Å². The summed E-state index contributed by atoms with van der Waals surface area (Å²) in [6.07, 6.45) is 14.5. The lowest BCUT2D eigenvalue weighted by Gasteiger charge is -1.90. The SMILES string of the molecule is C.C.C.C.C.Cc1ccc(C)cc1.Cc1ccc(C)nc1.Cc1ccc(C)nc1.Cc1ccc(C)nn1.Cc1cnc(C)cn1.Cc1cnc(C)nc1.Cc1cnc(C)nc1. The molecule has 0 radical (unpaired) electrons. The molecule has 7 aromatic rings. The fourth-order valence-corrected chi connectivity index (χ4v) is 3.56. The van der Waals surface area contributed by atoms with Crippen LogP contribution in [0.2, 0.25) is 0 Å². The Balaban J connectivity index is -0.000000197. The number of pyridine rings is 2. The zero-order valence-electron chi connectivity index (χ0n) is 35.9. The van der Waals surface area contributed by atoms with Gasteiger partial charge in [-0.05, 0) is 143 Å². The molecule has 0 fully saturated rings. The van der Waals surface area contributed by atoms with E-state index in [2.05, 4.69) is 100 Å². The summed E-state index contributed by atoms with van der Waals surface area (Å²) in [7, 11) is 0. The van der Waals surface area contributed by atoms with Gasteiger partial charge in [0.1, 0.15) is 11.6 Å². The van der Waals surface area contributed by atoms with Gasteiger partial charge in [-0.3, -0.25) is 19.9 Å². The molecule has 0 N–H and O–H groups in total. The van der Waals surface area contributed by atoms with E-state index in [4.69, 9.17) is 0 Å². The minimum Gasteiger partial charge on any atom is -0.261 e. The van der Waals surface area contributed by atoms with Crippen molar-refractivity contribution in [3.05, 3.63) is 189 Å². The van der Waals surface area contributed by atoms with E-state index in [0.29, 0.717) is 0 Å². The Bertz CT molecular complexity index is 1440. The molecule has 10 heteroatoms. The Morgan fingerprint density at radius 3 is 0.639 bits per heavy atom. The van der Waals surface area contributed by atoms with Gasteiger partial charge in [0.05, 0.1) is 22.8 Å². The lowest BCUT2D eigenvalue weighted by molar-refractivity contribution is 0.941. The van der Waals surface area contributed by atoms with E-state index in [1.807, 2.05) is 145 Å². The highest BCUT2D eigenvalue weighted by Crippen LogP contribution is 2.00. The van der Waals surface area contributed by atoms with Crippen LogP contribution in [0.3, 0.4) is 0 Å². The van der Waals surface area contributed by atoms with Crippen LogP contribution in [0.1, 0.15) is 116 Å². The smallest absolute Gasteiger partial charge is 0.125 e. The van der Waals surface area contributed by atoms with Crippen molar-refractivity contribution in [2.75, 3.05) is 0 Å². The molecule has 0 saturated carbocycles. The Morgan fingerprint density at radius 1 is 0.213 bits per heavy atom. The van der Waals surface area contributed by atoms with Crippen LogP contribution >= 0.6 is 0 Å². The van der Waals surface area contributed by atoms with Gasteiger partial charge in [-0.25, -0.2) is 19.9 Å². The van der Waals surface area contributed by atoms with Crippen molar-refractivity contribution < 1.29 is 0 Å². The fourth-order valence-electron chi connectivity index (χ4n) is 3.56. The molecule has 6 aromatic heterocycles. The van der Waals surface area contributed by atoms with Crippen molar-refractivity contribution >= 4 is 0 Å². The molecule has 0 atom stereocenters. The first-order valence-electron chi connectivity index (χ1n) is 18.4. The van der Waals surface area contributed by atoms with Gasteiger partial charge in [0.15, 0.2) is 0 Å². The highest BCUT2D eigenvalue weighted by molar-refractivity contribution is 5.19. The van der Waals surface area contributed by atoms with E-state index >= 15 is 0 Å². The molecular weight excluding hydrogens is 753 g/mol. The maximum absolute atomic E-state index is 4.08. The molecule has 0 bridgehead atoms. The maximum Gasteiger partial charge on any atom is 0.125 e. The third kappa shape index (κ3) is 35.5. The molecule has 0 unspecified atom stereocenters. The molecule has 334 valence electrons. The van der Waals surface area contributed by atoms with E-state index in [0.717, 1.165) is 56.9 Å². The first kappa shape index (κ1) is 64.0. The zero-order valence-corrected chi connectivity index (χ0v) is 35.9. The summed E-state index contributed by atoms with van der Waals surface area (Å²) in [6.45, 7) is 27.6. The lowest BCUT2D eigenvalue weighted by atomic mass is 10.2. The number of nitrogens with zero attached hydrogens (tertiary/aromatic N) is 10. The van der Waals surface area contributed by atoms with E-state index in [1.54, 1.807) is 12.4 Å². The predicted molar refractivity (Wildman–Crippen MR) is 263 cm³/mol. The average molecular weight is 833 g/mol. The quantitative estimate of drug-likeness (QED) is 0.146. The van der Waals surface area contributed by atoms with Crippen LogP contribution in [0.15, 0.2) is 110 Å². The third-order valence-corrected chi connectivity index (χ3v) is 7.00. The Kier molecular flexibility index (Phi) is 38.7. The van der Waals surface area contributed by atoms with Gasteiger partial charge in [-0.2, -0.15) is 10.2 Å². The maximum atomic E-state index is 4.08. The van der Waals surface area contributed by atoms with Gasteiger partial charge < -0.3 is 0 Å². The van der Waals surface area contributed by atoms with Gasteiger partial charge in [0.2, 0.25) is 0 Å². The van der Waals surface area contributed by atoms with E-state index in [9.17, 15) is 0 Å². The second-order valence-corrected chi connectivity index (χ2v) is 13.3. The van der Waals surface area contributed by atoms with Gasteiger partial charge >= 0.3 is 0 Å². The van der Waals surface area contributed by atoms with Gasteiger partial charge in [-0.15, -0.1) is 0 Å². The summed E-state index contributed by atoms with van der Waals surface area (Å²) in [4.78, 5) is 32.1. The number of benzene rings is 1. The van der Waals surface area contributed by atoms with Gasteiger partial charge in [-0.1, -0.05) is 84.7 Å². The van der Waals surface area contributed by atoms with E-state index < -0.39 is 0 Å². The van der Waals surface area contributed by atoms with Crippen molar-refractivity contribution in [2.45, 2.75) is 134 Å². The van der Waals surface area contributed by atoms with Crippen LogP contribution in [0.25, 0.3) is 0 Å². The Hall–Kier alpha value is -6.16. The highest BCUT2D eigenvalue weighted by atomic mass is 15.1. The van der Waals surface area contributed by atoms with Crippen LogP contribution in [-0.4, -0.2) is 50.1 Å². The van der Waals surface area contributed by atoms with Crippen LogP contribution in [0.5, 0.6) is 0 Å². The number of rotatable bonds is 0. The highest BCUT2D eigenvalue weighted by Gasteiger charge is 1.86. The molecule has 0 amide bonds. The van der Waals surface area contributed by atoms with Crippen molar-refractivity contribution in [3.8, 4) is 0 Å². The molecule has 0 spiro atoms. The summed E-state index contributed by atoms with van der Waals surface area (Å²) >= 11 is 0. The molecule has 0 aliphatic heterocycles. The van der Waals surface area contributed by atoms with E-state index in [-0.39, 0.29) is 37.1 Å². The lowest BCUT2D eigenvalue weighted by Crippen LogP contribution is -1.86. The van der Waals surface area contributed by atoms with Crippen molar-refractivity contribution in [2.24, 2.45) is 0 Å². The van der Waals surface area contributed by atoms with Gasteiger partial charge in [0, 0.05) is 61.0 Å². The molecule has 0 aliphatic rings. The topological polar surface area (TPSA) is 129 Å². The second-order valence-electron chi connectivity index (χ2n) is 13.3. The Labute approximate surface area is 372 Å². The zero-order chi connectivity index (χ0) is 41.9. The largest absolute Gasteiger partial charge is 0.261 e. The molecule has 61 heavy (non-hydrogen) atoms. The first-order chi connectivity index (χ1) is 26.5. The minimum atomic E-state index is 0. The molecule has 6 heterocycles. The van der Waals surface area contributed by atoms with E-state index in [1.165, 1.54) is 22.3 Å².